The molecule has 0 amide bonds. The Bertz CT molecular complexity index is 1080. The Balaban J connectivity index is 1.74. The van der Waals surface area contributed by atoms with Gasteiger partial charge in [0.25, 0.3) is 0 Å². The third-order valence-corrected chi connectivity index (χ3v) is 5.59. The Kier molecular flexibility index (Phi) is 7.78. The number of hydrogen-bond acceptors (Lipinski definition) is 5. The lowest BCUT2D eigenvalue weighted by Crippen LogP contribution is -2.20. The van der Waals surface area contributed by atoms with Crippen molar-refractivity contribution in [3.63, 3.8) is 0 Å². The summed E-state index contributed by atoms with van der Waals surface area (Å²) in [6.07, 6.45) is 0.651. The molecule has 0 saturated heterocycles. The molecule has 0 bridgehead atoms. The summed E-state index contributed by atoms with van der Waals surface area (Å²) >= 11 is 12.7. The number of alkyl halides is 2. The van der Waals surface area contributed by atoms with E-state index in [0.717, 1.165) is 10.4 Å². The molecule has 31 heavy (non-hydrogen) atoms. The van der Waals surface area contributed by atoms with Crippen LogP contribution in [0.15, 0.2) is 54.6 Å². The molecule has 0 aliphatic heterocycles. The Labute approximate surface area is 191 Å². The fraction of sp³-hybridized carbons (Fsp3) is 0.143. The summed E-state index contributed by atoms with van der Waals surface area (Å²) in [4.78, 5) is 13.2. The van der Waals surface area contributed by atoms with Crippen molar-refractivity contribution in [1.82, 2.24) is 0 Å². The predicted molar refractivity (Wildman–Crippen MR) is 123 cm³/mol. The number of methoxy groups -OCH3 is 1. The smallest absolute Gasteiger partial charge is 0.387 e. The number of benzene rings is 2. The third kappa shape index (κ3) is 6.36. The molecule has 0 fully saturated rings. The Morgan fingerprint density at radius 2 is 1.90 bits per heavy atom. The molecule has 0 aliphatic rings. The minimum atomic E-state index is -2.97. The van der Waals surface area contributed by atoms with E-state index in [1.54, 1.807) is 6.07 Å². The molecule has 1 aromatic heterocycles. The van der Waals surface area contributed by atoms with E-state index in [0.29, 0.717) is 22.7 Å². The van der Waals surface area contributed by atoms with E-state index < -0.39 is 12.6 Å². The number of halogens is 3. The van der Waals surface area contributed by atoms with Crippen LogP contribution in [0.5, 0.6) is 5.75 Å². The Morgan fingerprint density at radius 3 is 2.55 bits per heavy atom. The average Bonchev–Trinajstić information content (AvgIpc) is 3.11. The molecule has 0 unspecified atom stereocenters. The van der Waals surface area contributed by atoms with E-state index in [-0.39, 0.29) is 15.9 Å². The van der Waals surface area contributed by atoms with Gasteiger partial charge in [0.2, 0.25) is 0 Å². The van der Waals surface area contributed by atoms with Crippen molar-refractivity contribution in [3.05, 3.63) is 75.6 Å². The fourth-order valence-electron chi connectivity index (χ4n) is 2.72. The monoisotopic (exact) mass is 482 g/mol. The van der Waals surface area contributed by atoms with Crippen molar-refractivity contribution < 1.29 is 23.0 Å². The van der Waals surface area contributed by atoms with Crippen LogP contribution in [0.1, 0.15) is 20.8 Å². The van der Waals surface area contributed by atoms with Gasteiger partial charge in [0, 0.05) is 17.0 Å². The minimum Gasteiger partial charge on any atom is -0.465 e. The number of anilines is 2. The fourth-order valence-corrected chi connectivity index (χ4v) is 4.31. The quantitative estimate of drug-likeness (QED) is 0.309. The van der Waals surface area contributed by atoms with Gasteiger partial charge in [0.05, 0.1) is 17.7 Å². The third-order valence-electron chi connectivity index (χ3n) is 4.04. The SMILES string of the molecule is COC(=O)c1cc(Cc2ccccc2)sc1NC(=S)Nc1ccc(OC(F)F)c(Cl)c1. The minimum absolute atomic E-state index is 0.00428. The molecule has 0 radical (unpaired) electrons. The lowest BCUT2D eigenvalue weighted by molar-refractivity contribution is -0.0497. The molecule has 1 heterocycles. The van der Waals surface area contributed by atoms with E-state index >= 15 is 0 Å². The highest BCUT2D eigenvalue weighted by atomic mass is 35.5. The van der Waals surface area contributed by atoms with E-state index in [1.165, 1.54) is 36.6 Å². The van der Waals surface area contributed by atoms with Crippen LogP contribution in [0.3, 0.4) is 0 Å². The topological polar surface area (TPSA) is 59.6 Å². The number of thiophene rings is 1. The molecule has 2 N–H and O–H groups in total. The zero-order valence-corrected chi connectivity index (χ0v) is 18.5. The van der Waals surface area contributed by atoms with Crippen LogP contribution in [0.2, 0.25) is 5.02 Å². The lowest BCUT2D eigenvalue weighted by atomic mass is 10.1. The van der Waals surface area contributed by atoms with Gasteiger partial charge in [-0.3, -0.25) is 0 Å². The summed E-state index contributed by atoms with van der Waals surface area (Å²) < 4.78 is 33.9. The van der Waals surface area contributed by atoms with E-state index in [1.807, 2.05) is 30.3 Å². The molecule has 0 aliphatic carbocycles. The molecule has 3 aromatic rings. The number of carbonyl (C=O) groups is 1. The van der Waals surface area contributed by atoms with Crippen LogP contribution in [0.4, 0.5) is 19.5 Å². The summed E-state index contributed by atoms with van der Waals surface area (Å²) in [7, 11) is 1.31. The highest BCUT2D eigenvalue weighted by Crippen LogP contribution is 2.32. The van der Waals surface area contributed by atoms with Crippen molar-refractivity contribution in [2.75, 3.05) is 17.7 Å². The van der Waals surface area contributed by atoms with Crippen LogP contribution < -0.4 is 15.4 Å². The van der Waals surface area contributed by atoms with Gasteiger partial charge in [-0.05, 0) is 42.0 Å². The van der Waals surface area contributed by atoms with Gasteiger partial charge >= 0.3 is 12.6 Å². The maximum absolute atomic E-state index is 12.4. The van der Waals surface area contributed by atoms with E-state index in [9.17, 15) is 13.6 Å². The van der Waals surface area contributed by atoms with Crippen LogP contribution in [-0.2, 0) is 11.2 Å². The van der Waals surface area contributed by atoms with Crippen molar-refractivity contribution in [2.45, 2.75) is 13.0 Å². The Morgan fingerprint density at radius 1 is 1.16 bits per heavy atom. The average molecular weight is 483 g/mol. The first kappa shape index (κ1) is 22.9. The van der Waals surface area contributed by atoms with Gasteiger partial charge in [-0.1, -0.05) is 41.9 Å². The second-order valence-electron chi connectivity index (χ2n) is 6.21. The summed E-state index contributed by atoms with van der Waals surface area (Å²) in [5, 5.41) is 6.62. The molecule has 2 aromatic carbocycles. The zero-order valence-electron chi connectivity index (χ0n) is 16.2. The standard InChI is InChI=1S/C21H17ClF2N2O3S2/c1-28-19(27)15-11-14(9-12-5-3-2-4-6-12)31-18(15)26-21(30)25-13-7-8-17(16(22)10-13)29-20(23)24/h2-8,10-11,20H,9H2,1H3,(H2,25,26,30). The molecule has 3 rings (SSSR count). The largest absolute Gasteiger partial charge is 0.465 e. The van der Waals surface area contributed by atoms with Gasteiger partial charge in [-0.2, -0.15) is 8.78 Å². The molecular formula is C21H17ClF2N2O3S2. The van der Waals surface area contributed by atoms with Crippen molar-refractivity contribution in [3.8, 4) is 5.75 Å². The van der Waals surface area contributed by atoms with Gasteiger partial charge in [0.1, 0.15) is 10.8 Å². The number of ether oxygens (including phenoxy) is 2. The molecule has 0 saturated carbocycles. The molecule has 0 atom stereocenters. The first-order valence-corrected chi connectivity index (χ1v) is 10.5. The summed E-state index contributed by atoms with van der Waals surface area (Å²) in [6, 6.07) is 15.8. The lowest BCUT2D eigenvalue weighted by Gasteiger charge is -2.12. The summed E-state index contributed by atoms with van der Waals surface area (Å²) in [5.74, 6) is -0.629. The van der Waals surface area contributed by atoms with Crippen molar-refractivity contribution in [1.29, 1.82) is 0 Å². The first-order valence-electron chi connectivity index (χ1n) is 8.93. The second-order valence-corrected chi connectivity index (χ2v) is 8.16. The van der Waals surface area contributed by atoms with Crippen molar-refractivity contribution in [2.24, 2.45) is 0 Å². The Hall–Kier alpha value is -2.75. The number of rotatable bonds is 7. The van der Waals surface area contributed by atoms with Gasteiger partial charge < -0.3 is 20.1 Å². The van der Waals surface area contributed by atoms with Crippen LogP contribution in [0.25, 0.3) is 0 Å². The summed E-state index contributed by atoms with van der Waals surface area (Å²) in [6.45, 7) is -2.97. The number of nitrogens with one attached hydrogen (secondary N) is 2. The van der Waals surface area contributed by atoms with E-state index in [4.69, 9.17) is 28.6 Å². The van der Waals surface area contributed by atoms with E-state index in [2.05, 4.69) is 15.4 Å². The highest BCUT2D eigenvalue weighted by molar-refractivity contribution is 7.80. The maximum Gasteiger partial charge on any atom is 0.387 e. The second kappa shape index (κ2) is 10.5. The molecule has 5 nitrogen and oxygen atoms in total. The van der Waals surface area contributed by atoms with Gasteiger partial charge in [-0.15, -0.1) is 11.3 Å². The molecule has 0 spiro atoms. The van der Waals surface area contributed by atoms with Gasteiger partial charge in [-0.25, -0.2) is 4.79 Å². The van der Waals surface area contributed by atoms with Gasteiger partial charge in [0.15, 0.2) is 5.11 Å². The molecule has 162 valence electrons. The number of esters is 1. The van der Waals surface area contributed by atoms with Crippen LogP contribution in [-0.4, -0.2) is 24.8 Å². The maximum atomic E-state index is 12.4. The van der Waals surface area contributed by atoms with Crippen LogP contribution in [0, 0.1) is 0 Å². The zero-order chi connectivity index (χ0) is 22.4. The normalized spacial score (nSPS) is 10.6. The predicted octanol–water partition coefficient (Wildman–Crippen LogP) is 6.19. The molecular weight excluding hydrogens is 466 g/mol. The molecule has 10 heteroatoms. The highest BCUT2D eigenvalue weighted by Gasteiger charge is 2.18. The number of thiocarbonyl (C=S) groups is 1. The number of carbonyl (C=O) groups excluding carboxylic acids is 1. The van der Waals surface area contributed by atoms with Crippen molar-refractivity contribution >= 4 is 56.9 Å². The number of hydrogen-bond donors (Lipinski definition) is 2. The van der Waals surface area contributed by atoms with Crippen LogP contribution >= 0.6 is 35.2 Å². The summed E-state index contributed by atoms with van der Waals surface area (Å²) in [5.41, 5.74) is 1.93. The first-order chi connectivity index (χ1) is 14.9.